The minimum absolute atomic E-state index is 0.0107. The number of nitrogens with two attached hydrogens (primary N) is 1. The zero-order valence-corrected chi connectivity index (χ0v) is 10.7. The first-order valence-electron chi connectivity index (χ1n) is 5.47. The molecule has 1 rings (SSSR count). The average molecular weight is 237 g/mol. The van der Waals surface area contributed by atoms with Crippen molar-refractivity contribution in [3.8, 4) is 0 Å². The zero-order valence-electron chi connectivity index (χ0n) is 10.7. The smallest absolute Gasteiger partial charge is 0.224 e. The van der Waals surface area contributed by atoms with Crippen LogP contribution in [0.3, 0.4) is 0 Å². The first-order chi connectivity index (χ1) is 7.97. The SMILES string of the molecule is CNC(=O)C(C)CN(C)c1ncnc(N)c1C. The van der Waals surface area contributed by atoms with Gasteiger partial charge >= 0.3 is 0 Å². The Bertz CT molecular complexity index is 407. The maximum absolute atomic E-state index is 11.4. The summed E-state index contributed by atoms with van der Waals surface area (Å²) < 4.78 is 0. The monoisotopic (exact) mass is 237 g/mol. The summed E-state index contributed by atoms with van der Waals surface area (Å²) in [6, 6.07) is 0. The minimum atomic E-state index is -0.111. The summed E-state index contributed by atoms with van der Waals surface area (Å²) in [7, 11) is 3.51. The van der Waals surface area contributed by atoms with Crippen molar-refractivity contribution in [2.45, 2.75) is 13.8 Å². The number of hydrogen-bond acceptors (Lipinski definition) is 5. The molecule has 0 aliphatic heterocycles. The molecule has 3 N–H and O–H groups in total. The number of carbonyl (C=O) groups excluding carboxylic acids is 1. The van der Waals surface area contributed by atoms with E-state index >= 15 is 0 Å². The van der Waals surface area contributed by atoms with Gasteiger partial charge in [-0.2, -0.15) is 0 Å². The molecular weight excluding hydrogens is 218 g/mol. The Morgan fingerprint density at radius 3 is 2.82 bits per heavy atom. The summed E-state index contributed by atoms with van der Waals surface area (Å²) in [5, 5.41) is 2.62. The highest BCUT2D eigenvalue weighted by Crippen LogP contribution is 2.19. The second-order valence-electron chi connectivity index (χ2n) is 4.10. The van der Waals surface area contributed by atoms with Crippen LogP contribution in [0.2, 0.25) is 0 Å². The van der Waals surface area contributed by atoms with Gasteiger partial charge in [0.05, 0.1) is 5.92 Å². The van der Waals surface area contributed by atoms with Gasteiger partial charge < -0.3 is 16.0 Å². The molecule has 0 saturated heterocycles. The van der Waals surface area contributed by atoms with Crippen molar-refractivity contribution in [2.24, 2.45) is 5.92 Å². The Kier molecular flexibility index (Phi) is 4.25. The molecule has 0 aliphatic rings. The van der Waals surface area contributed by atoms with Crippen LogP contribution in [0.25, 0.3) is 0 Å². The fourth-order valence-corrected chi connectivity index (χ4v) is 1.67. The van der Waals surface area contributed by atoms with Crippen molar-refractivity contribution < 1.29 is 4.79 Å². The molecule has 6 nitrogen and oxygen atoms in total. The molecule has 1 heterocycles. The largest absolute Gasteiger partial charge is 0.383 e. The number of aromatic nitrogens is 2. The van der Waals surface area contributed by atoms with Crippen LogP contribution in [-0.2, 0) is 4.79 Å². The lowest BCUT2D eigenvalue weighted by Crippen LogP contribution is -2.35. The fourth-order valence-electron chi connectivity index (χ4n) is 1.67. The molecule has 0 spiro atoms. The first-order valence-corrected chi connectivity index (χ1v) is 5.47. The summed E-state index contributed by atoms with van der Waals surface area (Å²) >= 11 is 0. The summed E-state index contributed by atoms with van der Waals surface area (Å²) in [6.45, 7) is 4.32. The summed E-state index contributed by atoms with van der Waals surface area (Å²) in [6.07, 6.45) is 1.43. The number of nitrogens with zero attached hydrogens (tertiary/aromatic N) is 3. The van der Waals surface area contributed by atoms with Crippen molar-refractivity contribution >= 4 is 17.5 Å². The predicted octanol–water partition coefficient (Wildman–Crippen LogP) is 0.186. The Hall–Kier alpha value is -1.85. The predicted molar refractivity (Wildman–Crippen MR) is 67.7 cm³/mol. The number of nitrogen functional groups attached to an aromatic ring is 1. The summed E-state index contributed by atoms with van der Waals surface area (Å²) in [5.74, 6) is 1.12. The molecule has 94 valence electrons. The Morgan fingerprint density at radius 2 is 2.24 bits per heavy atom. The lowest BCUT2D eigenvalue weighted by Gasteiger charge is -2.23. The van der Waals surface area contributed by atoms with Crippen molar-refractivity contribution in [3.05, 3.63) is 11.9 Å². The lowest BCUT2D eigenvalue weighted by molar-refractivity contribution is -0.123. The molecule has 6 heteroatoms. The molecule has 0 saturated carbocycles. The van der Waals surface area contributed by atoms with E-state index in [0.29, 0.717) is 12.4 Å². The quantitative estimate of drug-likeness (QED) is 0.780. The number of nitrogens with one attached hydrogen (secondary N) is 1. The maximum atomic E-state index is 11.4. The highest BCUT2D eigenvalue weighted by Gasteiger charge is 2.16. The van der Waals surface area contributed by atoms with Crippen LogP contribution in [0.1, 0.15) is 12.5 Å². The fraction of sp³-hybridized carbons (Fsp3) is 0.545. The van der Waals surface area contributed by atoms with Crippen molar-refractivity contribution in [2.75, 3.05) is 31.3 Å². The second kappa shape index (κ2) is 5.47. The molecule has 0 radical (unpaired) electrons. The topological polar surface area (TPSA) is 84.1 Å². The van der Waals surface area contributed by atoms with Crippen LogP contribution in [0.5, 0.6) is 0 Å². The Balaban J connectivity index is 2.80. The van der Waals surface area contributed by atoms with Crippen LogP contribution in [0.15, 0.2) is 6.33 Å². The number of rotatable bonds is 4. The van der Waals surface area contributed by atoms with Crippen LogP contribution in [-0.4, -0.2) is 36.5 Å². The Morgan fingerprint density at radius 1 is 1.59 bits per heavy atom. The van der Waals surface area contributed by atoms with E-state index in [0.717, 1.165) is 11.4 Å². The highest BCUT2D eigenvalue weighted by molar-refractivity contribution is 5.78. The van der Waals surface area contributed by atoms with Gasteiger partial charge in [-0.05, 0) is 6.92 Å². The van der Waals surface area contributed by atoms with Crippen LogP contribution in [0.4, 0.5) is 11.6 Å². The highest BCUT2D eigenvalue weighted by atomic mass is 16.1. The van der Waals surface area contributed by atoms with E-state index in [9.17, 15) is 4.79 Å². The summed E-state index contributed by atoms with van der Waals surface area (Å²) in [4.78, 5) is 21.4. The van der Waals surface area contributed by atoms with Gasteiger partial charge in [0.2, 0.25) is 5.91 Å². The van der Waals surface area contributed by atoms with Crippen molar-refractivity contribution in [3.63, 3.8) is 0 Å². The molecule has 0 aromatic carbocycles. The second-order valence-corrected chi connectivity index (χ2v) is 4.10. The number of anilines is 2. The van der Waals surface area contributed by atoms with Gasteiger partial charge in [0.1, 0.15) is 18.0 Å². The molecule has 0 fully saturated rings. The molecule has 17 heavy (non-hydrogen) atoms. The van der Waals surface area contributed by atoms with E-state index < -0.39 is 0 Å². The van der Waals surface area contributed by atoms with Gasteiger partial charge in [0.25, 0.3) is 0 Å². The zero-order chi connectivity index (χ0) is 13.0. The lowest BCUT2D eigenvalue weighted by atomic mass is 10.1. The first kappa shape index (κ1) is 13.2. The van der Waals surface area contributed by atoms with Crippen molar-refractivity contribution in [1.29, 1.82) is 0 Å². The van der Waals surface area contributed by atoms with Crippen LogP contribution in [0, 0.1) is 12.8 Å². The van der Waals surface area contributed by atoms with Crippen LogP contribution >= 0.6 is 0 Å². The maximum Gasteiger partial charge on any atom is 0.224 e. The molecule has 1 unspecified atom stereocenters. The number of amides is 1. The van der Waals surface area contributed by atoms with Gasteiger partial charge in [-0.1, -0.05) is 6.92 Å². The molecule has 0 aliphatic carbocycles. The van der Waals surface area contributed by atoms with Gasteiger partial charge in [-0.15, -0.1) is 0 Å². The third-order valence-corrected chi connectivity index (χ3v) is 2.70. The molecule has 1 atom stereocenters. The molecule has 1 amide bonds. The third-order valence-electron chi connectivity index (χ3n) is 2.70. The van der Waals surface area contributed by atoms with Gasteiger partial charge in [0.15, 0.2) is 0 Å². The normalized spacial score (nSPS) is 12.0. The third kappa shape index (κ3) is 3.05. The van der Waals surface area contributed by atoms with Gasteiger partial charge in [-0.25, -0.2) is 9.97 Å². The molecule has 1 aromatic rings. The van der Waals surface area contributed by atoms with E-state index in [4.69, 9.17) is 5.73 Å². The summed E-state index contributed by atoms with van der Waals surface area (Å²) in [5.41, 5.74) is 6.55. The van der Waals surface area contributed by atoms with E-state index in [-0.39, 0.29) is 11.8 Å². The molecule has 1 aromatic heterocycles. The van der Waals surface area contributed by atoms with Crippen molar-refractivity contribution in [1.82, 2.24) is 15.3 Å². The minimum Gasteiger partial charge on any atom is -0.383 e. The number of hydrogen-bond donors (Lipinski definition) is 2. The van der Waals surface area contributed by atoms with E-state index in [1.807, 2.05) is 25.8 Å². The van der Waals surface area contributed by atoms with E-state index in [1.165, 1.54) is 6.33 Å². The molecule has 0 bridgehead atoms. The standard InChI is InChI=1S/C11H19N5O/c1-7(11(17)13-3)5-16(4)10-8(2)9(12)14-6-15-10/h6-7H,5H2,1-4H3,(H,13,17)(H2,12,14,15). The van der Waals surface area contributed by atoms with Crippen LogP contribution < -0.4 is 16.0 Å². The Labute approximate surface area is 101 Å². The van der Waals surface area contributed by atoms with E-state index in [1.54, 1.807) is 7.05 Å². The average Bonchev–Trinajstić information content (AvgIpc) is 2.31. The molecular formula is C11H19N5O. The van der Waals surface area contributed by atoms with Gasteiger partial charge in [-0.3, -0.25) is 4.79 Å². The van der Waals surface area contributed by atoms with Gasteiger partial charge in [0, 0.05) is 26.2 Å². The van der Waals surface area contributed by atoms with E-state index in [2.05, 4.69) is 15.3 Å². The number of carbonyl (C=O) groups is 1.